The Balaban J connectivity index is 1.96. The molecular weight excluding hydrogens is 384 g/mol. The van der Waals surface area contributed by atoms with E-state index in [1.165, 1.54) is 6.92 Å². The fourth-order valence-corrected chi connectivity index (χ4v) is 3.57. The number of ether oxygens (including phenoxy) is 2. The number of carbonyl (C=O) groups is 1. The van der Waals surface area contributed by atoms with E-state index < -0.39 is 17.2 Å². The van der Waals surface area contributed by atoms with Crippen molar-refractivity contribution in [2.75, 3.05) is 13.2 Å². The zero-order valence-corrected chi connectivity index (χ0v) is 17.3. The molecule has 2 aromatic rings. The smallest absolute Gasteiger partial charge is 0.271 e. The number of aromatic nitrogens is 1. The van der Waals surface area contributed by atoms with Crippen LogP contribution in [0.2, 0.25) is 0 Å². The molecule has 7 nitrogen and oxygen atoms in total. The van der Waals surface area contributed by atoms with E-state index in [0.717, 1.165) is 30.3 Å². The summed E-state index contributed by atoms with van der Waals surface area (Å²) in [7, 11) is 0. The SMILES string of the molecule is CCCCOc1ccc(C(=O)c2c(C)c(C#N)c(=O)n(CC3CCCO3)c2O)cc1. The van der Waals surface area contributed by atoms with Crippen LogP contribution in [-0.2, 0) is 11.3 Å². The van der Waals surface area contributed by atoms with Crippen LogP contribution in [0.1, 0.15) is 59.7 Å². The molecule has 1 aromatic carbocycles. The van der Waals surface area contributed by atoms with Crippen molar-refractivity contribution < 1.29 is 19.4 Å². The van der Waals surface area contributed by atoms with Gasteiger partial charge in [0.1, 0.15) is 17.4 Å². The van der Waals surface area contributed by atoms with Crippen LogP contribution >= 0.6 is 0 Å². The van der Waals surface area contributed by atoms with E-state index >= 15 is 0 Å². The Labute approximate surface area is 175 Å². The van der Waals surface area contributed by atoms with Gasteiger partial charge in [-0.2, -0.15) is 5.26 Å². The lowest BCUT2D eigenvalue weighted by atomic mass is 9.97. The van der Waals surface area contributed by atoms with Crippen LogP contribution in [-0.4, -0.2) is 34.8 Å². The highest BCUT2D eigenvalue weighted by Gasteiger charge is 2.27. The second kappa shape index (κ2) is 9.59. The zero-order chi connectivity index (χ0) is 21.7. The van der Waals surface area contributed by atoms with Crippen LogP contribution in [0.15, 0.2) is 29.1 Å². The maximum absolute atomic E-state index is 13.2. The van der Waals surface area contributed by atoms with Gasteiger partial charge in [0.25, 0.3) is 5.56 Å². The van der Waals surface area contributed by atoms with Crippen molar-refractivity contribution >= 4 is 5.78 Å². The Bertz CT molecular complexity index is 1010. The third-order valence-corrected chi connectivity index (χ3v) is 5.32. The highest BCUT2D eigenvalue weighted by molar-refractivity contribution is 6.11. The molecule has 1 aromatic heterocycles. The van der Waals surface area contributed by atoms with Crippen molar-refractivity contribution in [3.05, 3.63) is 56.9 Å². The number of carbonyl (C=O) groups excluding carboxylic acids is 1. The quantitative estimate of drug-likeness (QED) is 0.529. The van der Waals surface area contributed by atoms with Gasteiger partial charge in [-0.05, 0) is 56.0 Å². The number of pyridine rings is 1. The average Bonchev–Trinajstić information content (AvgIpc) is 3.25. The number of nitrogens with zero attached hydrogens (tertiary/aromatic N) is 2. The predicted octanol–water partition coefficient (Wildman–Crippen LogP) is 3.32. The Morgan fingerprint density at radius 1 is 1.37 bits per heavy atom. The van der Waals surface area contributed by atoms with Crippen LogP contribution in [0.4, 0.5) is 0 Å². The molecule has 1 fully saturated rings. The number of hydrogen-bond donors (Lipinski definition) is 1. The summed E-state index contributed by atoms with van der Waals surface area (Å²) < 4.78 is 12.3. The van der Waals surface area contributed by atoms with E-state index in [9.17, 15) is 20.0 Å². The maximum atomic E-state index is 13.2. The van der Waals surface area contributed by atoms with Gasteiger partial charge in [-0.1, -0.05) is 13.3 Å². The molecule has 0 bridgehead atoms. The molecule has 1 atom stereocenters. The first-order valence-electron chi connectivity index (χ1n) is 10.2. The van der Waals surface area contributed by atoms with Crippen molar-refractivity contribution in [2.45, 2.75) is 52.2 Å². The standard InChI is InChI=1S/C23H26N2O5/c1-3-4-11-29-17-9-7-16(8-10-17)21(26)20-15(2)19(13-24)22(27)25(23(20)28)14-18-6-5-12-30-18/h7-10,18,28H,3-6,11-12,14H2,1-2H3. The molecule has 158 valence electrons. The number of aromatic hydroxyl groups is 1. The summed E-state index contributed by atoms with van der Waals surface area (Å²) in [6.45, 7) is 4.88. The minimum Gasteiger partial charge on any atom is -0.494 e. The number of rotatable bonds is 8. The predicted molar refractivity (Wildman–Crippen MR) is 111 cm³/mol. The molecular formula is C23H26N2O5. The van der Waals surface area contributed by atoms with Crippen molar-refractivity contribution in [3.8, 4) is 17.7 Å². The van der Waals surface area contributed by atoms with Gasteiger partial charge >= 0.3 is 0 Å². The molecule has 1 unspecified atom stereocenters. The van der Waals surface area contributed by atoms with E-state index in [0.29, 0.717) is 24.5 Å². The number of hydrogen-bond acceptors (Lipinski definition) is 6. The van der Waals surface area contributed by atoms with Crippen molar-refractivity contribution in [1.29, 1.82) is 5.26 Å². The van der Waals surface area contributed by atoms with Gasteiger partial charge in [-0.25, -0.2) is 0 Å². The van der Waals surface area contributed by atoms with Crippen LogP contribution in [0.3, 0.4) is 0 Å². The van der Waals surface area contributed by atoms with Crippen molar-refractivity contribution in [3.63, 3.8) is 0 Å². The first-order valence-corrected chi connectivity index (χ1v) is 10.2. The highest BCUT2D eigenvalue weighted by Crippen LogP contribution is 2.27. The lowest BCUT2D eigenvalue weighted by Gasteiger charge is -2.18. The van der Waals surface area contributed by atoms with E-state index in [-0.39, 0.29) is 29.3 Å². The van der Waals surface area contributed by atoms with Crippen molar-refractivity contribution in [2.24, 2.45) is 0 Å². The first-order chi connectivity index (χ1) is 14.5. The van der Waals surface area contributed by atoms with E-state index in [1.807, 2.05) is 6.07 Å². The summed E-state index contributed by atoms with van der Waals surface area (Å²) in [5.74, 6) is -0.231. The summed E-state index contributed by atoms with van der Waals surface area (Å²) in [5.41, 5.74) is -0.281. The van der Waals surface area contributed by atoms with E-state index in [1.54, 1.807) is 24.3 Å². The Morgan fingerprint density at radius 2 is 2.10 bits per heavy atom. The fraction of sp³-hybridized carbons (Fsp3) is 0.435. The normalized spacial score (nSPS) is 15.7. The van der Waals surface area contributed by atoms with Gasteiger partial charge in [0.15, 0.2) is 5.78 Å². The summed E-state index contributed by atoms with van der Waals surface area (Å²) in [6.07, 6.45) is 3.36. The fourth-order valence-electron chi connectivity index (χ4n) is 3.57. The zero-order valence-electron chi connectivity index (χ0n) is 17.3. The summed E-state index contributed by atoms with van der Waals surface area (Å²) in [5, 5.41) is 20.3. The summed E-state index contributed by atoms with van der Waals surface area (Å²) in [4.78, 5) is 25.9. The van der Waals surface area contributed by atoms with E-state index in [2.05, 4.69) is 6.92 Å². The molecule has 7 heteroatoms. The van der Waals surface area contributed by atoms with Gasteiger partial charge in [0.05, 0.1) is 24.8 Å². The molecule has 0 radical (unpaired) electrons. The molecule has 1 aliphatic heterocycles. The molecule has 1 aliphatic rings. The second-order valence-corrected chi connectivity index (χ2v) is 7.42. The summed E-state index contributed by atoms with van der Waals surface area (Å²) >= 11 is 0. The topological polar surface area (TPSA) is 102 Å². The lowest BCUT2D eigenvalue weighted by molar-refractivity contribution is 0.0929. The van der Waals surface area contributed by atoms with Crippen LogP contribution in [0.25, 0.3) is 0 Å². The minimum absolute atomic E-state index is 0.0381. The molecule has 0 spiro atoms. The average molecular weight is 410 g/mol. The minimum atomic E-state index is -0.612. The third-order valence-electron chi connectivity index (χ3n) is 5.32. The number of nitriles is 1. The van der Waals surface area contributed by atoms with Crippen molar-refractivity contribution in [1.82, 2.24) is 4.57 Å². The Morgan fingerprint density at radius 3 is 2.70 bits per heavy atom. The number of ketones is 1. The van der Waals surface area contributed by atoms with Gasteiger partial charge in [0.2, 0.25) is 5.88 Å². The van der Waals surface area contributed by atoms with Crippen LogP contribution in [0, 0.1) is 18.3 Å². The van der Waals surface area contributed by atoms with Gasteiger partial charge < -0.3 is 14.6 Å². The molecule has 3 rings (SSSR count). The molecule has 2 heterocycles. The maximum Gasteiger partial charge on any atom is 0.271 e. The first kappa shape index (κ1) is 21.6. The molecule has 1 N–H and O–H groups in total. The Hall–Kier alpha value is -3.11. The van der Waals surface area contributed by atoms with E-state index in [4.69, 9.17) is 9.47 Å². The number of unbranched alkanes of at least 4 members (excludes halogenated alkanes) is 1. The summed E-state index contributed by atoms with van der Waals surface area (Å²) in [6, 6.07) is 8.51. The van der Waals surface area contributed by atoms with Crippen LogP contribution in [0.5, 0.6) is 11.6 Å². The van der Waals surface area contributed by atoms with Gasteiger partial charge in [-0.3, -0.25) is 14.2 Å². The molecule has 0 aliphatic carbocycles. The lowest BCUT2D eigenvalue weighted by Crippen LogP contribution is -2.30. The molecule has 0 saturated carbocycles. The second-order valence-electron chi connectivity index (χ2n) is 7.42. The monoisotopic (exact) mass is 410 g/mol. The Kier molecular flexibility index (Phi) is 6.91. The largest absolute Gasteiger partial charge is 0.494 e. The van der Waals surface area contributed by atoms with Gasteiger partial charge in [-0.15, -0.1) is 0 Å². The van der Waals surface area contributed by atoms with Gasteiger partial charge in [0, 0.05) is 12.2 Å². The highest BCUT2D eigenvalue weighted by atomic mass is 16.5. The van der Waals surface area contributed by atoms with Crippen LogP contribution < -0.4 is 10.3 Å². The molecule has 0 amide bonds. The number of benzene rings is 1. The third kappa shape index (κ3) is 4.39. The molecule has 1 saturated heterocycles. The molecule has 30 heavy (non-hydrogen) atoms.